The van der Waals surface area contributed by atoms with Gasteiger partial charge in [0.05, 0.1) is 24.4 Å². The number of aliphatic hydroxyl groups excluding tert-OH is 1. The Bertz CT molecular complexity index is 1060. The highest BCUT2D eigenvalue weighted by Crippen LogP contribution is 2.41. The molecule has 5 nitrogen and oxygen atoms in total. The summed E-state index contributed by atoms with van der Waals surface area (Å²) in [4.78, 5) is 26.7. The van der Waals surface area contributed by atoms with E-state index in [0.717, 1.165) is 0 Å². The fourth-order valence-electron chi connectivity index (χ4n) is 3.39. The summed E-state index contributed by atoms with van der Waals surface area (Å²) >= 11 is 0. The smallest absolute Gasteiger partial charge is 0.296 e. The Morgan fingerprint density at radius 1 is 1.00 bits per heavy atom. The number of nitrogens with zero attached hydrogens (tertiary/aromatic N) is 1. The number of amides is 1. The first-order valence-corrected chi connectivity index (χ1v) is 8.68. The second kappa shape index (κ2) is 7.15. The highest BCUT2D eigenvalue weighted by molar-refractivity contribution is 6.46. The molecule has 0 saturated carbocycles. The van der Waals surface area contributed by atoms with Gasteiger partial charge in [0.1, 0.15) is 17.3 Å². The number of Topliss-reactive ketones (excluding diaryl/α,β-unsaturated/α-hetero) is 1. The van der Waals surface area contributed by atoms with Gasteiger partial charge in [-0.3, -0.25) is 9.59 Å². The second-order valence-corrected chi connectivity index (χ2v) is 6.39. The van der Waals surface area contributed by atoms with Crippen LogP contribution in [0.25, 0.3) is 5.76 Å². The molecule has 140 valence electrons. The molecule has 0 unspecified atom stereocenters. The summed E-state index contributed by atoms with van der Waals surface area (Å²) in [6, 6.07) is 16.6. The molecular formula is C22H16FNO4. The van der Waals surface area contributed by atoms with Crippen molar-refractivity contribution in [2.45, 2.75) is 12.6 Å². The lowest BCUT2D eigenvalue weighted by atomic mass is 9.95. The van der Waals surface area contributed by atoms with E-state index >= 15 is 0 Å². The molecule has 1 aliphatic rings. The molecule has 0 radical (unpaired) electrons. The minimum atomic E-state index is -1.06. The lowest BCUT2D eigenvalue weighted by molar-refractivity contribution is -0.140. The zero-order valence-electron chi connectivity index (χ0n) is 14.7. The Labute approximate surface area is 160 Å². The zero-order chi connectivity index (χ0) is 19.7. The predicted octanol–water partition coefficient (Wildman–Crippen LogP) is 4.04. The van der Waals surface area contributed by atoms with Gasteiger partial charge in [0.2, 0.25) is 0 Å². The molecule has 4 rings (SSSR count). The van der Waals surface area contributed by atoms with Crippen LogP contribution in [0.15, 0.2) is 83.0 Å². The normalized spacial score (nSPS) is 18.6. The van der Waals surface area contributed by atoms with E-state index in [1.807, 2.05) is 0 Å². The largest absolute Gasteiger partial charge is 0.507 e. The summed E-state index contributed by atoms with van der Waals surface area (Å²) < 4.78 is 19.9. The minimum absolute atomic E-state index is 0.0257. The van der Waals surface area contributed by atoms with Crippen molar-refractivity contribution in [1.29, 1.82) is 0 Å². The van der Waals surface area contributed by atoms with Crippen molar-refractivity contribution < 1.29 is 23.5 Å². The highest BCUT2D eigenvalue weighted by Gasteiger charge is 2.47. The van der Waals surface area contributed by atoms with Crippen molar-refractivity contribution in [2.75, 3.05) is 0 Å². The monoisotopic (exact) mass is 377 g/mol. The predicted molar refractivity (Wildman–Crippen MR) is 99.4 cm³/mol. The van der Waals surface area contributed by atoms with Crippen molar-refractivity contribution in [1.82, 2.24) is 4.90 Å². The van der Waals surface area contributed by atoms with Crippen LogP contribution in [0.1, 0.15) is 22.9 Å². The van der Waals surface area contributed by atoms with E-state index in [0.29, 0.717) is 11.3 Å². The maximum Gasteiger partial charge on any atom is 0.296 e. The Balaban J connectivity index is 1.90. The van der Waals surface area contributed by atoms with Crippen molar-refractivity contribution in [3.8, 4) is 0 Å². The minimum Gasteiger partial charge on any atom is -0.507 e. The fraction of sp³-hybridized carbons (Fsp3) is 0.0909. The molecule has 0 aliphatic carbocycles. The van der Waals surface area contributed by atoms with Gasteiger partial charge >= 0.3 is 0 Å². The zero-order valence-corrected chi connectivity index (χ0v) is 14.7. The van der Waals surface area contributed by atoms with Gasteiger partial charge < -0.3 is 14.4 Å². The van der Waals surface area contributed by atoms with Gasteiger partial charge in [-0.1, -0.05) is 48.5 Å². The Morgan fingerprint density at radius 2 is 1.71 bits per heavy atom. The number of rotatable bonds is 4. The quantitative estimate of drug-likeness (QED) is 0.423. The van der Waals surface area contributed by atoms with Gasteiger partial charge in [-0.2, -0.15) is 0 Å². The molecule has 0 bridgehead atoms. The Kier molecular flexibility index (Phi) is 4.53. The number of hydrogen-bond acceptors (Lipinski definition) is 4. The molecule has 1 amide bonds. The molecule has 1 saturated heterocycles. The van der Waals surface area contributed by atoms with Crippen LogP contribution < -0.4 is 0 Å². The molecule has 2 heterocycles. The average Bonchev–Trinajstić information content (AvgIpc) is 3.31. The molecular weight excluding hydrogens is 361 g/mol. The van der Waals surface area contributed by atoms with Crippen molar-refractivity contribution in [3.05, 3.63) is 101 Å². The standard InChI is InChI=1S/C22H16FNO4/c23-17-11-5-4-10-16(17)19-18(20(25)14-7-2-1-3-8-14)21(26)22(27)24(19)13-15-9-6-12-28-15/h1-12,19,25H,13H2/b20-18+/t19-/m1/s1. The third-order valence-corrected chi connectivity index (χ3v) is 4.69. The number of benzene rings is 2. The van der Waals surface area contributed by atoms with Gasteiger partial charge in [0.15, 0.2) is 0 Å². The summed E-state index contributed by atoms with van der Waals surface area (Å²) in [6.45, 7) is -0.0257. The van der Waals surface area contributed by atoms with E-state index in [1.54, 1.807) is 48.5 Å². The number of hydrogen-bond donors (Lipinski definition) is 1. The number of halogens is 1. The molecule has 2 aromatic carbocycles. The van der Waals surface area contributed by atoms with Crippen LogP contribution in [-0.4, -0.2) is 21.7 Å². The van der Waals surface area contributed by atoms with Crippen LogP contribution in [0.4, 0.5) is 4.39 Å². The van der Waals surface area contributed by atoms with E-state index in [-0.39, 0.29) is 23.4 Å². The molecule has 1 aromatic heterocycles. The van der Waals surface area contributed by atoms with E-state index in [2.05, 4.69) is 0 Å². The van der Waals surface area contributed by atoms with Crippen LogP contribution in [-0.2, 0) is 16.1 Å². The van der Waals surface area contributed by atoms with Crippen LogP contribution >= 0.6 is 0 Å². The maximum atomic E-state index is 14.6. The third kappa shape index (κ3) is 2.99. The molecule has 1 atom stereocenters. The summed E-state index contributed by atoms with van der Waals surface area (Å²) in [5.74, 6) is -2.14. The van der Waals surface area contributed by atoms with Gasteiger partial charge in [-0.05, 0) is 18.2 Å². The van der Waals surface area contributed by atoms with Gasteiger partial charge in [-0.25, -0.2) is 4.39 Å². The first kappa shape index (κ1) is 17.7. The molecule has 3 aromatic rings. The van der Waals surface area contributed by atoms with Gasteiger partial charge in [-0.15, -0.1) is 0 Å². The first-order valence-electron chi connectivity index (χ1n) is 8.68. The van der Waals surface area contributed by atoms with Crippen molar-refractivity contribution in [2.24, 2.45) is 0 Å². The van der Waals surface area contributed by atoms with E-state index in [4.69, 9.17) is 4.42 Å². The number of ketones is 1. The molecule has 28 heavy (non-hydrogen) atoms. The van der Waals surface area contributed by atoms with Crippen LogP contribution in [0.5, 0.6) is 0 Å². The van der Waals surface area contributed by atoms with Crippen LogP contribution in [0.3, 0.4) is 0 Å². The lowest BCUT2D eigenvalue weighted by Crippen LogP contribution is -2.29. The number of likely N-dealkylation sites (tertiary alicyclic amines) is 1. The Hall–Kier alpha value is -3.67. The maximum absolute atomic E-state index is 14.6. The fourth-order valence-corrected chi connectivity index (χ4v) is 3.39. The molecule has 1 N–H and O–H groups in total. The summed E-state index contributed by atoms with van der Waals surface area (Å²) in [5.41, 5.74) is 0.360. The van der Waals surface area contributed by atoms with E-state index in [1.165, 1.54) is 29.4 Å². The number of carbonyl (C=O) groups is 2. The van der Waals surface area contributed by atoms with E-state index in [9.17, 15) is 19.1 Å². The topological polar surface area (TPSA) is 70.8 Å². The van der Waals surface area contributed by atoms with Gasteiger partial charge in [0.25, 0.3) is 11.7 Å². The van der Waals surface area contributed by atoms with Crippen LogP contribution in [0.2, 0.25) is 0 Å². The van der Waals surface area contributed by atoms with Crippen molar-refractivity contribution in [3.63, 3.8) is 0 Å². The van der Waals surface area contributed by atoms with Crippen molar-refractivity contribution >= 4 is 17.4 Å². The number of aliphatic hydroxyl groups is 1. The lowest BCUT2D eigenvalue weighted by Gasteiger charge is -2.24. The third-order valence-electron chi connectivity index (χ3n) is 4.69. The summed E-state index contributed by atoms with van der Waals surface area (Å²) in [6.07, 6.45) is 1.45. The second-order valence-electron chi connectivity index (χ2n) is 6.39. The number of carbonyl (C=O) groups excluding carboxylic acids is 2. The SMILES string of the molecule is O=C1C(=O)N(Cc2ccco2)[C@H](c2ccccc2F)/C1=C(\O)c1ccccc1. The molecule has 6 heteroatoms. The average molecular weight is 377 g/mol. The molecule has 1 aliphatic heterocycles. The van der Waals surface area contributed by atoms with E-state index < -0.39 is 23.5 Å². The Morgan fingerprint density at radius 3 is 2.39 bits per heavy atom. The molecule has 1 fully saturated rings. The summed E-state index contributed by atoms with van der Waals surface area (Å²) in [5, 5.41) is 10.8. The number of furan rings is 1. The summed E-state index contributed by atoms with van der Waals surface area (Å²) in [7, 11) is 0. The molecule has 0 spiro atoms. The van der Waals surface area contributed by atoms with Gasteiger partial charge in [0, 0.05) is 11.1 Å². The van der Waals surface area contributed by atoms with Crippen LogP contribution in [0, 0.1) is 5.82 Å². The first-order chi connectivity index (χ1) is 13.6. The highest BCUT2D eigenvalue weighted by atomic mass is 19.1.